The summed E-state index contributed by atoms with van der Waals surface area (Å²) in [6.07, 6.45) is 0. The fourth-order valence-electron chi connectivity index (χ4n) is 3.85. The molecule has 3 aromatic carbocycles. The van der Waals surface area contributed by atoms with Crippen molar-refractivity contribution in [3.05, 3.63) is 89.1 Å². The number of nitrogens with one attached hydrogen (secondary N) is 1. The van der Waals surface area contributed by atoms with Crippen molar-refractivity contribution in [2.75, 3.05) is 20.3 Å². The van der Waals surface area contributed by atoms with Gasteiger partial charge in [0, 0.05) is 24.6 Å². The Morgan fingerprint density at radius 1 is 1.06 bits per heavy atom. The number of aryl methyl sites for hydroxylation is 1. The zero-order valence-corrected chi connectivity index (χ0v) is 18.5. The van der Waals surface area contributed by atoms with Crippen LogP contribution < -0.4 is 5.32 Å². The molecule has 7 nitrogen and oxygen atoms in total. The minimum absolute atomic E-state index is 0.140. The fourth-order valence-corrected chi connectivity index (χ4v) is 3.85. The van der Waals surface area contributed by atoms with Crippen molar-refractivity contribution < 1.29 is 19.4 Å². The SMILES string of the molecule is COCCNC(=O)c1ccc2c(c1)c(C)nn2Cc1ccc(-c2ccccc2C(=O)O)cc1. The lowest BCUT2D eigenvalue weighted by Crippen LogP contribution is -2.26. The molecule has 0 atom stereocenters. The first-order valence-corrected chi connectivity index (χ1v) is 10.6. The van der Waals surface area contributed by atoms with Crippen LogP contribution in [0.15, 0.2) is 66.7 Å². The molecule has 4 aromatic rings. The van der Waals surface area contributed by atoms with Crippen molar-refractivity contribution in [1.29, 1.82) is 0 Å². The molecule has 0 aliphatic heterocycles. The van der Waals surface area contributed by atoms with Gasteiger partial charge in [-0.2, -0.15) is 5.10 Å². The van der Waals surface area contributed by atoms with Crippen LogP contribution in [0.5, 0.6) is 0 Å². The molecular formula is C26H25N3O4. The van der Waals surface area contributed by atoms with E-state index in [2.05, 4.69) is 10.4 Å². The van der Waals surface area contributed by atoms with E-state index in [1.54, 1.807) is 25.3 Å². The maximum atomic E-state index is 12.4. The molecule has 4 rings (SSSR count). The number of carboxylic acid groups (broad SMARTS) is 1. The second-order valence-electron chi connectivity index (χ2n) is 7.77. The third-order valence-corrected chi connectivity index (χ3v) is 5.54. The number of hydrogen-bond acceptors (Lipinski definition) is 4. The first-order chi connectivity index (χ1) is 16.0. The molecule has 33 heavy (non-hydrogen) atoms. The molecule has 0 aliphatic rings. The van der Waals surface area contributed by atoms with E-state index in [4.69, 9.17) is 4.74 Å². The smallest absolute Gasteiger partial charge is 0.336 e. The maximum Gasteiger partial charge on any atom is 0.336 e. The summed E-state index contributed by atoms with van der Waals surface area (Å²) >= 11 is 0. The van der Waals surface area contributed by atoms with Crippen molar-refractivity contribution in [2.45, 2.75) is 13.5 Å². The Balaban J connectivity index is 1.56. The van der Waals surface area contributed by atoms with Gasteiger partial charge in [-0.1, -0.05) is 42.5 Å². The largest absolute Gasteiger partial charge is 0.478 e. The summed E-state index contributed by atoms with van der Waals surface area (Å²) in [6, 6.07) is 20.4. The van der Waals surface area contributed by atoms with E-state index in [1.165, 1.54) is 0 Å². The molecule has 1 heterocycles. The molecular weight excluding hydrogens is 418 g/mol. The average Bonchev–Trinajstić information content (AvgIpc) is 3.14. The van der Waals surface area contributed by atoms with E-state index < -0.39 is 5.97 Å². The molecule has 0 saturated heterocycles. The second-order valence-corrected chi connectivity index (χ2v) is 7.77. The van der Waals surface area contributed by atoms with Gasteiger partial charge in [0.05, 0.1) is 29.9 Å². The van der Waals surface area contributed by atoms with Gasteiger partial charge in [0.15, 0.2) is 0 Å². The number of fused-ring (bicyclic) bond motifs is 1. The third-order valence-electron chi connectivity index (χ3n) is 5.54. The number of methoxy groups -OCH3 is 1. The molecule has 0 spiro atoms. The highest BCUT2D eigenvalue weighted by molar-refractivity contribution is 5.98. The minimum Gasteiger partial charge on any atom is -0.478 e. The number of amides is 1. The van der Waals surface area contributed by atoms with E-state index in [0.717, 1.165) is 27.7 Å². The maximum absolute atomic E-state index is 12.4. The fraction of sp³-hybridized carbons (Fsp3) is 0.192. The third kappa shape index (κ3) is 4.78. The predicted octanol–water partition coefficient (Wildman–Crippen LogP) is 4.13. The quantitative estimate of drug-likeness (QED) is 0.399. The van der Waals surface area contributed by atoms with Gasteiger partial charge in [-0.3, -0.25) is 9.48 Å². The lowest BCUT2D eigenvalue weighted by molar-refractivity contribution is 0.0697. The van der Waals surface area contributed by atoms with Crippen LogP contribution in [0, 0.1) is 6.92 Å². The highest BCUT2D eigenvalue weighted by Gasteiger charge is 2.13. The molecule has 168 valence electrons. The summed E-state index contributed by atoms with van der Waals surface area (Å²) < 4.78 is 6.89. The van der Waals surface area contributed by atoms with Gasteiger partial charge in [0.25, 0.3) is 5.91 Å². The first-order valence-electron chi connectivity index (χ1n) is 10.6. The number of carboxylic acids is 1. The normalized spacial score (nSPS) is 11.0. The van der Waals surface area contributed by atoms with Crippen molar-refractivity contribution in [1.82, 2.24) is 15.1 Å². The molecule has 0 bridgehead atoms. The Morgan fingerprint density at radius 2 is 1.82 bits per heavy atom. The number of rotatable bonds is 8. The number of benzene rings is 3. The molecule has 0 radical (unpaired) electrons. The molecule has 0 fully saturated rings. The molecule has 2 N–H and O–H groups in total. The number of carbonyl (C=O) groups is 2. The topological polar surface area (TPSA) is 93.5 Å². The average molecular weight is 444 g/mol. The van der Waals surface area contributed by atoms with Gasteiger partial charge in [-0.05, 0) is 47.9 Å². The number of ether oxygens (including phenoxy) is 1. The van der Waals surface area contributed by atoms with Crippen molar-refractivity contribution >= 4 is 22.8 Å². The van der Waals surface area contributed by atoms with E-state index >= 15 is 0 Å². The molecule has 0 unspecified atom stereocenters. The summed E-state index contributed by atoms with van der Waals surface area (Å²) in [4.78, 5) is 23.9. The Kier molecular flexibility index (Phi) is 6.51. The lowest BCUT2D eigenvalue weighted by Gasteiger charge is -2.09. The van der Waals surface area contributed by atoms with Crippen LogP contribution in [0.4, 0.5) is 0 Å². The van der Waals surface area contributed by atoms with Crippen LogP contribution in [0.2, 0.25) is 0 Å². The molecule has 1 aromatic heterocycles. The van der Waals surface area contributed by atoms with Crippen molar-refractivity contribution in [3.8, 4) is 11.1 Å². The lowest BCUT2D eigenvalue weighted by atomic mass is 9.99. The Morgan fingerprint density at radius 3 is 2.55 bits per heavy atom. The van der Waals surface area contributed by atoms with Gasteiger partial charge in [-0.15, -0.1) is 0 Å². The number of nitrogens with zero attached hydrogens (tertiary/aromatic N) is 2. The van der Waals surface area contributed by atoms with Gasteiger partial charge in [0.1, 0.15) is 0 Å². The monoisotopic (exact) mass is 443 g/mol. The zero-order chi connectivity index (χ0) is 23.4. The van der Waals surface area contributed by atoms with Crippen molar-refractivity contribution in [2.24, 2.45) is 0 Å². The van der Waals surface area contributed by atoms with Crippen LogP contribution in [0.3, 0.4) is 0 Å². The standard InChI is InChI=1S/C26H25N3O4/c1-17-23-15-20(25(30)27-13-14-33-2)11-12-24(23)29(28-17)16-18-7-9-19(10-8-18)21-5-3-4-6-22(21)26(31)32/h3-12,15H,13-14,16H2,1-2H3,(H,27,30)(H,31,32). The van der Waals surface area contributed by atoms with E-state index in [0.29, 0.717) is 30.8 Å². The van der Waals surface area contributed by atoms with Crippen molar-refractivity contribution in [3.63, 3.8) is 0 Å². The molecule has 0 aliphatic carbocycles. The number of aromatic carboxylic acids is 1. The van der Waals surface area contributed by atoms with E-state index in [-0.39, 0.29) is 11.5 Å². The van der Waals surface area contributed by atoms with Crippen LogP contribution >= 0.6 is 0 Å². The van der Waals surface area contributed by atoms with Gasteiger partial charge in [-0.25, -0.2) is 4.79 Å². The Labute approximate surface area is 191 Å². The molecule has 0 saturated carbocycles. The van der Waals surface area contributed by atoms with Gasteiger partial charge < -0.3 is 15.2 Å². The highest BCUT2D eigenvalue weighted by atomic mass is 16.5. The number of hydrogen-bond donors (Lipinski definition) is 2. The summed E-state index contributed by atoms with van der Waals surface area (Å²) in [7, 11) is 1.60. The summed E-state index contributed by atoms with van der Waals surface area (Å²) in [5, 5.41) is 17.9. The van der Waals surface area contributed by atoms with E-state index in [9.17, 15) is 14.7 Å². The zero-order valence-electron chi connectivity index (χ0n) is 18.5. The van der Waals surface area contributed by atoms with E-state index in [1.807, 2.05) is 60.1 Å². The summed E-state index contributed by atoms with van der Waals surface area (Å²) in [5.74, 6) is -1.08. The Bertz CT molecular complexity index is 1310. The van der Waals surface area contributed by atoms with Gasteiger partial charge in [0.2, 0.25) is 0 Å². The Hall–Kier alpha value is -3.97. The van der Waals surface area contributed by atoms with Crippen LogP contribution in [-0.2, 0) is 11.3 Å². The molecule has 7 heteroatoms. The number of aromatic nitrogens is 2. The minimum atomic E-state index is -0.945. The summed E-state index contributed by atoms with van der Waals surface area (Å²) in [6.45, 7) is 3.41. The van der Waals surface area contributed by atoms with Crippen LogP contribution in [0.25, 0.3) is 22.0 Å². The predicted molar refractivity (Wildman–Crippen MR) is 127 cm³/mol. The van der Waals surface area contributed by atoms with Gasteiger partial charge >= 0.3 is 5.97 Å². The van der Waals surface area contributed by atoms with Crippen LogP contribution in [-0.4, -0.2) is 47.0 Å². The number of carbonyl (C=O) groups excluding carboxylic acids is 1. The van der Waals surface area contributed by atoms with Crippen LogP contribution in [0.1, 0.15) is 32.0 Å². The highest BCUT2D eigenvalue weighted by Crippen LogP contribution is 2.25. The first kappa shape index (κ1) is 22.2. The second kappa shape index (κ2) is 9.67. The summed E-state index contributed by atoms with van der Waals surface area (Å²) in [5.41, 5.74) is 5.24. The molecule has 1 amide bonds.